The van der Waals surface area contributed by atoms with Crippen LogP contribution in [0.2, 0.25) is 0 Å². The van der Waals surface area contributed by atoms with Crippen molar-refractivity contribution in [1.82, 2.24) is 0 Å². The predicted octanol–water partition coefficient (Wildman–Crippen LogP) is 4.65. The van der Waals surface area contributed by atoms with Gasteiger partial charge in [0.25, 0.3) is 23.6 Å². The van der Waals surface area contributed by atoms with Gasteiger partial charge in [0.15, 0.2) is 0 Å². The van der Waals surface area contributed by atoms with Crippen LogP contribution in [0.25, 0.3) is 11.1 Å². The van der Waals surface area contributed by atoms with E-state index in [0.29, 0.717) is 22.9 Å². The van der Waals surface area contributed by atoms with Crippen LogP contribution in [-0.2, 0) is 19.2 Å². The third-order valence-electron chi connectivity index (χ3n) is 6.80. The third-order valence-corrected chi connectivity index (χ3v) is 6.80. The van der Waals surface area contributed by atoms with Gasteiger partial charge in [0.1, 0.15) is 11.5 Å². The number of hydrogen-bond donors (Lipinski definition) is 0. The van der Waals surface area contributed by atoms with E-state index in [2.05, 4.69) is 0 Å². The molecule has 0 fully saturated rings. The fraction of sp³-hybridized carbons (Fsp3) is 0. The van der Waals surface area contributed by atoms with Crippen molar-refractivity contribution in [2.45, 2.75) is 0 Å². The van der Waals surface area contributed by atoms with Crippen molar-refractivity contribution in [2.24, 2.45) is 0 Å². The van der Waals surface area contributed by atoms with Crippen LogP contribution in [0, 0.1) is 0 Å². The van der Waals surface area contributed by atoms with Crippen molar-refractivity contribution in [3.8, 4) is 22.6 Å². The van der Waals surface area contributed by atoms with Gasteiger partial charge in [-0.2, -0.15) is 0 Å². The lowest BCUT2D eigenvalue weighted by molar-refractivity contribution is -0.121. The predicted molar refractivity (Wildman–Crippen MR) is 158 cm³/mol. The van der Waals surface area contributed by atoms with Gasteiger partial charge in [-0.1, -0.05) is 24.3 Å². The molecule has 2 aliphatic rings. The van der Waals surface area contributed by atoms with Crippen LogP contribution in [0.3, 0.4) is 0 Å². The summed E-state index contributed by atoms with van der Waals surface area (Å²) in [6, 6.07) is 25.6. The molecule has 0 saturated heterocycles. The third kappa shape index (κ3) is 5.55. The van der Waals surface area contributed by atoms with E-state index < -0.39 is 35.6 Å². The zero-order chi connectivity index (χ0) is 30.8. The molecular formula is C34H20N2O8. The van der Waals surface area contributed by atoms with Gasteiger partial charge in [-0.3, -0.25) is 19.2 Å². The normalized spacial score (nSPS) is 14.0. The van der Waals surface area contributed by atoms with Crippen LogP contribution >= 0.6 is 0 Å². The highest BCUT2D eigenvalue weighted by atomic mass is 16.5. The molecule has 44 heavy (non-hydrogen) atoms. The van der Waals surface area contributed by atoms with E-state index in [0.717, 1.165) is 20.9 Å². The summed E-state index contributed by atoms with van der Waals surface area (Å²) in [7, 11) is 0. The molecule has 0 spiro atoms. The Morgan fingerprint density at radius 1 is 0.409 bits per heavy atom. The van der Waals surface area contributed by atoms with E-state index in [1.807, 2.05) is 0 Å². The first kappa shape index (κ1) is 27.7. The topological polar surface area (TPSA) is 127 Å². The van der Waals surface area contributed by atoms with E-state index in [-0.39, 0.29) is 11.1 Å². The van der Waals surface area contributed by atoms with Crippen molar-refractivity contribution < 1.29 is 38.2 Å². The first-order valence-electron chi connectivity index (χ1n) is 13.2. The van der Waals surface area contributed by atoms with E-state index in [4.69, 9.17) is 9.47 Å². The largest absolute Gasteiger partial charge is 0.423 e. The molecular weight excluding hydrogens is 564 g/mol. The van der Waals surface area contributed by atoms with E-state index in [1.54, 1.807) is 48.5 Å². The number of ether oxygens (including phenoxy) is 2. The summed E-state index contributed by atoms with van der Waals surface area (Å²) in [5.74, 6) is -2.34. The summed E-state index contributed by atoms with van der Waals surface area (Å²) in [5, 5.41) is 0. The fourth-order valence-corrected chi connectivity index (χ4v) is 4.57. The number of benzene rings is 4. The van der Waals surface area contributed by atoms with Gasteiger partial charge >= 0.3 is 11.9 Å². The van der Waals surface area contributed by atoms with Crippen LogP contribution in [0.1, 0.15) is 20.7 Å². The van der Waals surface area contributed by atoms with Crippen LogP contribution in [0.15, 0.2) is 121 Å². The molecule has 214 valence electrons. The Kier molecular flexibility index (Phi) is 7.22. The number of imide groups is 2. The Bertz CT molecular complexity index is 1710. The number of hydrogen-bond acceptors (Lipinski definition) is 8. The zero-order valence-electron chi connectivity index (χ0n) is 22.7. The molecule has 0 bridgehead atoms. The minimum atomic E-state index is -0.600. The molecule has 0 aromatic heterocycles. The summed E-state index contributed by atoms with van der Waals surface area (Å²) in [6.45, 7) is 0. The Morgan fingerprint density at radius 3 is 1.00 bits per heavy atom. The SMILES string of the molecule is O=C(Oc1ccc(-c2ccc(OC(=O)c3ccc(N4C(=O)C=CC4=O)cc3)cc2)cc1)c1ccc(N2C(=O)C=CC2=O)cc1. The number of carbonyl (C=O) groups excluding carboxylic acids is 6. The fourth-order valence-electron chi connectivity index (χ4n) is 4.57. The van der Waals surface area contributed by atoms with Crippen molar-refractivity contribution in [3.63, 3.8) is 0 Å². The Hall–Kier alpha value is -6.42. The Balaban J connectivity index is 1.04. The molecule has 0 saturated carbocycles. The molecule has 4 amide bonds. The standard InChI is InChI=1S/C34H20N2O8/c37-29-17-18-30(38)35(29)25-9-1-23(2-10-25)33(41)43-27-13-5-21(6-14-27)22-7-15-28(16-8-22)44-34(42)24-3-11-26(12-4-24)36-31(39)19-20-32(36)40/h1-20H. The summed E-state index contributed by atoms with van der Waals surface area (Å²) in [5.41, 5.74) is 2.87. The summed E-state index contributed by atoms with van der Waals surface area (Å²) < 4.78 is 10.9. The van der Waals surface area contributed by atoms with Crippen LogP contribution in [-0.4, -0.2) is 35.6 Å². The number of esters is 2. The summed E-state index contributed by atoms with van der Waals surface area (Å²) >= 11 is 0. The lowest BCUT2D eigenvalue weighted by Gasteiger charge is -2.14. The first-order valence-corrected chi connectivity index (χ1v) is 13.2. The van der Waals surface area contributed by atoms with Gasteiger partial charge in [0.05, 0.1) is 22.5 Å². The Labute approximate surface area is 250 Å². The van der Waals surface area contributed by atoms with Gasteiger partial charge in [0, 0.05) is 24.3 Å². The second-order valence-corrected chi connectivity index (χ2v) is 9.61. The number of rotatable bonds is 7. The maximum Gasteiger partial charge on any atom is 0.343 e. The van der Waals surface area contributed by atoms with E-state index in [1.165, 1.54) is 72.8 Å². The molecule has 2 aliphatic heterocycles. The van der Waals surface area contributed by atoms with Crippen molar-refractivity contribution in [1.29, 1.82) is 0 Å². The monoisotopic (exact) mass is 584 g/mol. The second kappa shape index (κ2) is 11.5. The molecule has 4 aromatic carbocycles. The van der Waals surface area contributed by atoms with Gasteiger partial charge in [-0.15, -0.1) is 0 Å². The molecule has 4 aromatic rings. The highest BCUT2D eigenvalue weighted by Crippen LogP contribution is 2.27. The zero-order valence-corrected chi connectivity index (χ0v) is 22.7. The minimum absolute atomic E-state index is 0.250. The van der Waals surface area contributed by atoms with Gasteiger partial charge in [-0.05, 0) is 83.9 Å². The number of amides is 4. The van der Waals surface area contributed by atoms with Crippen LogP contribution in [0.4, 0.5) is 11.4 Å². The minimum Gasteiger partial charge on any atom is -0.423 e. The molecule has 0 aliphatic carbocycles. The van der Waals surface area contributed by atoms with Gasteiger partial charge in [-0.25, -0.2) is 19.4 Å². The smallest absolute Gasteiger partial charge is 0.343 e. The molecule has 0 N–H and O–H groups in total. The summed E-state index contributed by atoms with van der Waals surface area (Å²) in [4.78, 5) is 74.6. The highest BCUT2D eigenvalue weighted by Gasteiger charge is 2.26. The molecule has 6 rings (SSSR count). The molecule has 0 radical (unpaired) electrons. The highest BCUT2D eigenvalue weighted by molar-refractivity contribution is 6.28. The first-order chi connectivity index (χ1) is 21.3. The van der Waals surface area contributed by atoms with Crippen molar-refractivity contribution >= 4 is 46.9 Å². The van der Waals surface area contributed by atoms with Gasteiger partial charge < -0.3 is 9.47 Å². The Morgan fingerprint density at radius 2 is 0.705 bits per heavy atom. The number of anilines is 2. The van der Waals surface area contributed by atoms with Crippen LogP contribution in [0.5, 0.6) is 11.5 Å². The molecule has 0 atom stereocenters. The van der Waals surface area contributed by atoms with Crippen molar-refractivity contribution in [3.05, 3.63) is 132 Å². The van der Waals surface area contributed by atoms with Gasteiger partial charge in [0.2, 0.25) is 0 Å². The lowest BCUT2D eigenvalue weighted by atomic mass is 10.1. The number of carbonyl (C=O) groups is 6. The van der Waals surface area contributed by atoms with E-state index >= 15 is 0 Å². The molecule has 10 heteroatoms. The average Bonchev–Trinajstić information content (AvgIpc) is 3.56. The van der Waals surface area contributed by atoms with Crippen LogP contribution < -0.4 is 19.3 Å². The quantitative estimate of drug-likeness (QED) is 0.175. The molecule has 2 heterocycles. The maximum absolute atomic E-state index is 12.6. The second-order valence-electron chi connectivity index (χ2n) is 9.61. The van der Waals surface area contributed by atoms with E-state index in [9.17, 15) is 28.8 Å². The number of nitrogens with zero attached hydrogens (tertiary/aromatic N) is 2. The molecule has 0 unspecified atom stereocenters. The average molecular weight is 585 g/mol. The lowest BCUT2D eigenvalue weighted by Crippen LogP contribution is -2.29. The van der Waals surface area contributed by atoms with Crippen molar-refractivity contribution in [2.75, 3.05) is 9.80 Å². The maximum atomic E-state index is 12.6. The summed E-state index contributed by atoms with van der Waals surface area (Å²) in [6.07, 6.45) is 4.74. The molecule has 10 nitrogen and oxygen atoms in total.